The van der Waals surface area contributed by atoms with Gasteiger partial charge in [0.25, 0.3) is 0 Å². The topological polar surface area (TPSA) is 110 Å². The van der Waals surface area contributed by atoms with Crippen LogP contribution in [0.1, 0.15) is 55.3 Å². The van der Waals surface area contributed by atoms with E-state index in [9.17, 15) is 18.0 Å². The summed E-state index contributed by atoms with van der Waals surface area (Å²) in [6.45, 7) is 0.308. The molecular weight excluding hydrogens is 402 g/mol. The molecule has 3 N–H and O–H groups in total. The molecule has 4 aliphatic carbocycles. The average molecular weight is 432 g/mol. The van der Waals surface area contributed by atoms with Crippen molar-refractivity contribution in [1.29, 1.82) is 0 Å². The van der Waals surface area contributed by atoms with E-state index in [2.05, 4.69) is 5.32 Å². The highest BCUT2D eigenvalue weighted by atomic mass is 32.2. The number of carbonyl (C=O) groups excluding carboxylic acids is 2. The quantitative estimate of drug-likeness (QED) is 0.742. The number of amides is 2. The molecule has 8 heteroatoms. The summed E-state index contributed by atoms with van der Waals surface area (Å²) >= 11 is 0. The minimum atomic E-state index is -3.89. The average Bonchev–Trinajstić information content (AvgIpc) is 3.21. The first-order valence-corrected chi connectivity index (χ1v) is 12.5. The van der Waals surface area contributed by atoms with Gasteiger partial charge in [-0.25, -0.2) is 8.42 Å². The normalized spacial score (nSPS) is 35.5. The van der Waals surface area contributed by atoms with E-state index in [0.717, 1.165) is 11.8 Å². The van der Waals surface area contributed by atoms with E-state index in [1.54, 1.807) is 0 Å². The molecular formula is C22H29N3O4S. The fraction of sp³-hybridized carbons (Fsp3) is 0.636. The first kappa shape index (κ1) is 20.0. The molecule has 0 aromatic heterocycles. The lowest BCUT2D eigenvalue weighted by molar-refractivity contribution is -0.128. The molecule has 1 aliphatic heterocycles. The van der Waals surface area contributed by atoms with Crippen LogP contribution in [0.3, 0.4) is 0 Å². The third kappa shape index (κ3) is 3.34. The molecule has 1 unspecified atom stereocenters. The van der Waals surface area contributed by atoms with Crippen LogP contribution in [0.4, 0.5) is 0 Å². The molecule has 5 fully saturated rings. The predicted molar refractivity (Wildman–Crippen MR) is 111 cm³/mol. The molecule has 1 aromatic rings. The van der Waals surface area contributed by atoms with Crippen LogP contribution in [0, 0.1) is 23.7 Å². The second kappa shape index (κ2) is 7.34. The standard InChI is InChI=1S/C22H29N3O4S/c23-21(26)15-3-1-4-18(12-15)30(28,29)25-6-2-5-19(25)22(27)24-20-16-8-13-7-14(10-16)11-17(20)9-13/h1,3-4,12-14,16-17,19-20H,2,5-11H2,(H2,23,26)(H,24,27). The number of nitrogens with one attached hydrogen (secondary N) is 1. The largest absolute Gasteiger partial charge is 0.366 e. The minimum absolute atomic E-state index is 0.00752. The molecule has 4 bridgehead atoms. The molecule has 0 radical (unpaired) electrons. The molecule has 1 atom stereocenters. The first-order chi connectivity index (χ1) is 14.3. The van der Waals surface area contributed by atoms with Crippen LogP contribution < -0.4 is 11.1 Å². The summed E-state index contributed by atoms with van der Waals surface area (Å²) in [4.78, 5) is 24.7. The lowest BCUT2D eigenvalue weighted by atomic mass is 9.54. The molecule has 4 saturated carbocycles. The summed E-state index contributed by atoms with van der Waals surface area (Å²) in [7, 11) is -3.89. The lowest BCUT2D eigenvalue weighted by Gasteiger charge is -2.54. The molecule has 7 nitrogen and oxygen atoms in total. The summed E-state index contributed by atoms with van der Waals surface area (Å²) in [6, 6.07) is 5.24. The molecule has 0 spiro atoms. The number of nitrogens with zero attached hydrogens (tertiary/aromatic N) is 1. The van der Waals surface area contributed by atoms with Crippen molar-refractivity contribution in [2.75, 3.05) is 6.54 Å². The lowest BCUT2D eigenvalue weighted by Crippen LogP contribution is -2.58. The van der Waals surface area contributed by atoms with Crippen LogP contribution in [-0.2, 0) is 14.8 Å². The summed E-state index contributed by atoms with van der Waals surface area (Å²) < 4.78 is 27.8. The Hall–Kier alpha value is -1.93. The summed E-state index contributed by atoms with van der Waals surface area (Å²) in [5.74, 6) is 1.89. The number of carbonyl (C=O) groups is 2. The van der Waals surface area contributed by atoms with E-state index in [1.807, 2.05) is 0 Å². The van der Waals surface area contributed by atoms with Crippen LogP contribution >= 0.6 is 0 Å². The van der Waals surface area contributed by atoms with E-state index in [0.29, 0.717) is 31.2 Å². The zero-order valence-corrected chi connectivity index (χ0v) is 17.8. The predicted octanol–water partition coefficient (Wildman–Crippen LogP) is 1.88. The SMILES string of the molecule is NC(=O)c1cccc(S(=O)(=O)N2CCCC2C(=O)NC2C3CC4CC(C3)CC2C4)c1. The second-order valence-corrected chi connectivity index (χ2v) is 11.5. The van der Waals surface area contributed by atoms with Gasteiger partial charge in [0.2, 0.25) is 21.8 Å². The van der Waals surface area contributed by atoms with Crippen molar-refractivity contribution in [2.24, 2.45) is 29.4 Å². The Labute approximate surface area is 177 Å². The monoisotopic (exact) mass is 431 g/mol. The molecule has 6 rings (SSSR count). The van der Waals surface area contributed by atoms with Gasteiger partial charge in [0.1, 0.15) is 6.04 Å². The number of sulfonamides is 1. The maximum Gasteiger partial charge on any atom is 0.248 e. The van der Waals surface area contributed by atoms with Gasteiger partial charge in [-0.15, -0.1) is 0 Å². The van der Waals surface area contributed by atoms with Crippen LogP contribution in [0.15, 0.2) is 29.2 Å². The summed E-state index contributed by atoms with van der Waals surface area (Å²) in [5, 5.41) is 3.27. The Bertz CT molecular complexity index is 948. The Morgan fingerprint density at radius 2 is 1.70 bits per heavy atom. The van der Waals surface area contributed by atoms with Gasteiger partial charge in [0.15, 0.2) is 0 Å². The fourth-order valence-electron chi connectivity index (χ4n) is 6.66. The van der Waals surface area contributed by atoms with Gasteiger partial charge in [-0.1, -0.05) is 6.07 Å². The van der Waals surface area contributed by atoms with Crippen molar-refractivity contribution in [1.82, 2.24) is 9.62 Å². The Morgan fingerprint density at radius 1 is 1.03 bits per heavy atom. The van der Waals surface area contributed by atoms with E-state index in [4.69, 9.17) is 5.73 Å². The van der Waals surface area contributed by atoms with Gasteiger partial charge in [-0.2, -0.15) is 4.31 Å². The van der Waals surface area contributed by atoms with Crippen molar-refractivity contribution < 1.29 is 18.0 Å². The highest BCUT2D eigenvalue weighted by Crippen LogP contribution is 2.53. The molecule has 1 aromatic carbocycles. The number of hydrogen-bond acceptors (Lipinski definition) is 4. The highest BCUT2D eigenvalue weighted by molar-refractivity contribution is 7.89. The fourth-order valence-corrected chi connectivity index (χ4v) is 8.36. The number of rotatable bonds is 5. The van der Waals surface area contributed by atoms with E-state index in [-0.39, 0.29) is 22.4 Å². The van der Waals surface area contributed by atoms with E-state index in [1.165, 1.54) is 60.7 Å². The van der Waals surface area contributed by atoms with Crippen molar-refractivity contribution in [3.63, 3.8) is 0 Å². The van der Waals surface area contributed by atoms with Gasteiger partial charge in [-0.3, -0.25) is 9.59 Å². The van der Waals surface area contributed by atoms with Crippen LogP contribution in [0.25, 0.3) is 0 Å². The van der Waals surface area contributed by atoms with Crippen LogP contribution in [0.5, 0.6) is 0 Å². The molecule has 162 valence electrons. The molecule has 2 amide bonds. The van der Waals surface area contributed by atoms with Gasteiger partial charge < -0.3 is 11.1 Å². The van der Waals surface area contributed by atoms with Gasteiger partial charge in [0.05, 0.1) is 4.90 Å². The smallest absolute Gasteiger partial charge is 0.248 e. The summed E-state index contributed by atoms with van der Waals surface area (Å²) in [5.41, 5.74) is 5.45. The van der Waals surface area contributed by atoms with E-state index < -0.39 is 22.0 Å². The first-order valence-electron chi connectivity index (χ1n) is 11.0. The number of hydrogen-bond donors (Lipinski definition) is 2. The number of nitrogens with two attached hydrogens (primary N) is 1. The van der Waals surface area contributed by atoms with Crippen LogP contribution in [0.2, 0.25) is 0 Å². The maximum atomic E-state index is 13.3. The van der Waals surface area contributed by atoms with Crippen molar-refractivity contribution in [3.05, 3.63) is 29.8 Å². The Balaban J connectivity index is 1.34. The third-order valence-electron chi connectivity index (χ3n) is 7.77. The molecule has 1 heterocycles. The van der Waals surface area contributed by atoms with Crippen LogP contribution in [-0.4, -0.2) is 43.2 Å². The summed E-state index contributed by atoms with van der Waals surface area (Å²) in [6.07, 6.45) is 7.32. The second-order valence-electron chi connectivity index (χ2n) is 9.63. The molecule has 30 heavy (non-hydrogen) atoms. The van der Waals surface area contributed by atoms with Gasteiger partial charge >= 0.3 is 0 Å². The zero-order chi connectivity index (χ0) is 21.0. The molecule has 5 aliphatic rings. The number of primary amides is 1. The Morgan fingerprint density at radius 3 is 2.33 bits per heavy atom. The van der Waals surface area contributed by atoms with Crippen molar-refractivity contribution in [2.45, 2.75) is 61.9 Å². The van der Waals surface area contributed by atoms with Crippen molar-refractivity contribution >= 4 is 21.8 Å². The van der Waals surface area contributed by atoms with Gasteiger partial charge in [0, 0.05) is 18.2 Å². The van der Waals surface area contributed by atoms with Crippen molar-refractivity contribution in [3.8, 4) is 0 Å². The minimum Gasteiger partial charge on any atom is -0.366 e. The zero-order valence-electron chi connectivity index (χ0n) is 17.0. The molecule has 1 saturated heterocycles. The maximum absolute atomic E-state index is 13.3. The Kier molecular flexibility index (Phi) is 4.89. The third-order valence-corrected chi connectivity index (χ3v) is 9.67. The van der Waals surface area contributed by atoms with Gasteiger partial charge in [-0.05, 0) is 86.8 Å². The number of benzene rings is 1. The highest BCUT2D eigenvalue weighted by Gasteiger charge is 2.49. The van der Waals surface area contributed by atoms with E-state index >= 15 is 0 Å².